The zero-order valence-electron chi connectivity index (χ0n) is 11.7. The van der Waals surface area contributed by atoms with E-state index in [0.29, 0.717) is 0 Å². The number of hydrogen-bond acceptors (Lipinski definition) is 2. The van der Waals surface area contributed by atoms with Crippen LogP contribution in [0.2, 0.25) is 5.02 Å². The molecule has 0 saturated carbocycles. The van der Waals surface area contributed by atoms with Gasteiger partial charge in [-0.2, -0.15) is 0 Å². The average Bonchev–Trinajstić information content (AvgIpc) is 2.48. The highest BCUT2D eigenvalue weighted by molar-refractivity contribution is 6.30. The second-order valence-corrected chi connectivity index (χ2v) is 5.14. The minimum absolute atomic E-state index is 0.0630. The van der Waals surface area contributed by atoms with Crippen molar-refractivity contribution in [2.24, 2.45) is 0 Å². The molecule has 106 valence electrons. The van der Waals surface area contributed by atoms with Gasteiger partial charge in [-0.3, -0.25) is 4.98 Å². The summed E-state index contributed by atoms with van der Waals surface area (Å²) < 4.78 is 13.2. The zero-order chi connectivity index (χ0) is 14.5. The third-order valence-corrected chi connectivity index (χ3v) is 3.69. The molecule has 0 aliphatic rings. The maximum Gasteiger partial charge on any atom is 0.141 e. The van der Waals surface area contributed by atoms with Crippen LogP contribution in [0, 0.1) is 5.82 Å². The lowest BCUT2D eigenvalue weighted by Crippen LogP contribution is -2.19. The van der Waals surface area contributed by atoms with Crippen LogP contribution >= 0.6 is 11.6 Å². The summed E-state index contributed by atoms with van der Waals surface area (Å²) in [5, 5.41) is 3.37. The van der Waals surface area contributed by atoms with Gasteiger partial charge in [0.1, 0.15) is 5.82 Å². The summed E-state index contributed by atoms with van der Waals surface area (Å²) in [6.45, 7) is 2.10. The van der Waals surface area contributed by atoms with Crippen LogP contribution in [0.15, 0.2) is 36.5 Å². The van der Waals surface area contributed by atoms with Crippen LogP contribution in [0.25, 0.3) is 0 Å². The highest BCUT2D eigenvalue weighted by atomic mass is 35.5. The number of nitrogens with zero attached hydrogens (tertiary/aromatic N) is 1. The van der Waals surface area contributed by atoms with E-state index in [-0.39, 0.29) is 11.1 Å². The third kappa shape index (κ3) is 3.56. The Kier molecular flexibility index (Phi) is 5.10. The van der Waals surface area contributed by atoms with E-state index in [4.69, 9.17) is 11.6 Å². The van der Waals surface area contributed by atoms with Crippen molar-refractivity contribution in [3.8, 4) is 0 Å². The molecule has 0 saturated heterocycles. The fourth-order valence-electron chi connectivity index (χ4n) is 2.11. The molecule has 1 N–H and O–H groups in total. The molecule has 2 rings (SSSR count). The average molecular weight is 293 g/mol. The van der Waals surface area contributed by atoms with Gasteiger partial charge in [-0.1, -0.05) is 30.7 Å². The Morgan fingerprint density at radius 1 is 1.30 bits per heavy atom. The van der Waals surface area contributed by atoms with E-state index in [2.05, 4.69) is 23.3 Å². The first-order valence-electron chi connectivity index (χ1n) is 6.70. The van der Waals surface area contributed by atoms with Crippen molar-refractivity contribution < 1.29 is 4.39 Å². The van der Waals surface area contributed by atoms with E-state index < -0.39 is 5.82 Å². The molecule has 2 nitrogen and oxygen atoms in total. The molecule has 0 amide bonds. The number of rotatable bonds is 5. The number of benzene rings is 1. The van der Waals surface area contributed by atoms with Gasteiger partial charge in [0.15, 0.2) is 0 Å². The Balaban J connectivity index is 2.16. The van der Waals surface area contributed by atoms with Crippen LogP contribution in [-0.4, -0.2) is 12.0 Å². The van der Waals surface area contributed by atoms with Crippen LogP contribution in [0.4, 0.5) is 4.39 Å². The van der Waals surface area contributed by atoms with Gasteiger partial charge < -0.3 is 5.32 Å². The summed E-state index contributed by atoms with van der Waals surface area (Å²) in [4.78, 5) is 4.46. The molecule has 1 aromatic carbocycles. The summed E-state index contributed by atoms with van der Waals surface area (Å²) in [6.07, 6.45) is 3.62. The topological polar surface area (TPSA) is 24.9 Å². The molecule has 1 aromatic heterocycles. The lowest BCUT2D eigenvalue weighted by molar-refractivity contribution is 0.579. The van der Waals surface area contributed by atoms with Gasteiger partial charge in [0.2, 0.25) is 0 Å². The number of aryl methyl sites for hydroxylation is 1. The molecule has 0 bridgehead atoms. The molecule has 0 radical (unpaired) electrons. The predicted octanol–water partition coefficient (Wildman–Crippen LogP) is 3.94. The van der Waals surface area contributed by atoms with Gasteiger partial charge in [-0.15, -0.1) is 0 Å². The van der Waals surface area contributed by atoms with Crippen molar-refractivity contribution >= 4 is 11.6 Å². The SMILES string of the molecule is CCc1ccc(CC(NC)c2ccc(F)c(Cl)c2)nc1. The van der Waals surface area contributed by atoms with E-state index >= 15 is 0 Å². The fourth-order valence-corrected chi connectivity index (χ4v) is 2.30. The van der Waals surface area contributed by atoms with Gasteiger partial charge in [-0.25, -0.2) is 4.39 Å². The van der Waals surface area contributed by atoms with Crippen LogP contribution < -0.4 is 5.32 Å². The normalized spacial score (nSPS) is 12.4. The molecule has 1 atom stereocenters. The first-order valence-corrected chi connectivity index (χ1v) is 7.07. The number of aromatic nitrogens is 1. The van der Waals surface area contributed by atoms with Gasteiger partial charge in [-0.05, 0) is 42.8 Å². The maximum atomic E-state index is 13.2. The van der Waals surface area contributed by atoms with Gasteiger partial charge >= 0.3 is 0 Å². The van der Waals surface area contributed by atoms with E-state index in [1.54, 1.807) is 12.1 Å². The lowest BCUT2D eigenvalue weighted by Gasteiger charge is -2.17. The van der Waals surface area contributed by atoms with E-state index in [1.165, 1.54) is 11.6 Å². The standard InChI is InChI=1S/C16H18ClFN2/c1-3-11-4-6-13(20-10-11)9-16(19-2)12-5-7-15(18)14(17)8-12/h4-8,10,16,19H,3,9H2,1-2H3. The molecule has 1 heterocycles. The Morgan fingerprint density at radius 3 is 2.65 bits per heavy atom. The van der Waals surface area contributed by atoms with E-state index in [0.717, 1.165) is 24.1 Å². The molecule has 20 heavy (non-hydrogen) atoms. The smallest absolute Gasteiger partial charge is 0.141 e. The third-order valence-electron chi connectivity index (χ3n) is 3.40. The first kappa shape index (κ1) is 14.9. The summed E-state index contributed by atoms with van der Waals surface area (Å²) in [7, 11) is 1.88. The van der Waals surface area contributed by atoms with E-state index in [1.807, 2.05) is 19.3 Å². The summed E-state index contributed by atoms with van der Waals surface area (Å²) >= 11 is 5.84. The maximum absolute atomic E-state index is 13.2. The Morgan fingerprint density at radius 2 is 2.10 bits per heavy atom. The molecule has 4 heteroatoms. The van der Waals surface area contributed by atoms with Crippen molar-refractivity contribution in [3.63, 3.8) is 0 Å². The Bertz CT molecular complexity index is 569. The summed E-state index contributed by atoms with van der Waals surface area (Å²) in [5.41, 5.74) is 3.18. The lowest BCUT2D eigenvalue weighted by atomic mass is 10.0. The second-order valence-electron chi connectivity index (χ2n) is 4.73. The summed E-state index contributed by atoms with van der Waals surface area (Å²) in [5.74, 6) is -0.393. The van der Waals surface area contributed by atoms with Crippen LogP contribution in [0.1, 0.15) is 29.8 Å². The molecule has 1 unspecified atom stereocenters. The van der Waals surface area contributed by atoms with Gasteiger partial charge in [0.25, 0.3) is 0 Å². The first-order chi connectivity index (χ1) is 9.63. The monoisotopic (exact) mass is 292 g/mol. The number of halogens is 2. The molecule has 0 aliphatic carbocycles. The zero-order valence-corrected chi connectivity index (χ0v) is 12.4. The quantitative estimate of drug-likeness (QED) is 0.903. The minimum atomic E-state index is -0.393. The minimum Gasteiger partial charge on any atom is -0.313 e. The molecule has 0 spiro atoms. The molecular weight excluding hydrogens is 275 g/mol. The highest BCUT2D eigenvalue weighted by Gasteiger charge is 2.12. The second kappa shape index (κ2) is 6.82. The predicted molar refractivity (Wildman–Crippen MR) is 80.5 cm³/mol. The number of nitrogens with one attached hydrogen (secondary N) is 1. The van der Waals surface area contributed by atoms with Crippen molar-refractivity contribution in [1.82, 2.24) is 10.3 Å². The largest absolute Gasteiger partial charge is 0.313 e. The van der Waals surface area contributed by atoms with Gasteiger partial charge in [0, 0.05) is 24.4 Å². The number of likely N-dealkylation sites (N-methyl/N-ethyl adjacent to an activating group) is 1. The van der Waals surface area contributed by atoms with Crippen LogP contribution in [0.3, 0.4) is 0 Å². The summed E-state index contributed by atoms with van der Waals surface area (Å²) in [6, 6.07) is 9.01. The van der Waals surface area contributed by atoms with Crippen LogP contribution in [-0.2, 0) is 12.8 Å². The molecular formula is C16H18ClFN2. The van der Waals surface area contributed by atoms with Crippen LogP contribution in [0.5, 0.6) is 0 Å². The van der Waals surface area contributed by atoms with Crippen molar-refractivity contribution in [2.45, 2.75) is 25.8 Å². The van der Waals surface area contributed by atoms with Crippen molar-refractivity contribution in [1.29, 1.82) is 0 Å². The number of pyridine rings is 1. The highest BCUT2D eigenvalue weighted by Crippen LogP contribution is 2.23. The molecule has 2 aromatic rings. The van der Waals surface area contributed by atoms with Gasteiger partial charge in [0.05, 0.1) is 5.02 Å². The Labute approximate surface area is 124 Å². The Hall–Kier alpha value is -1.45. The fraction of sp³-hybridized carbons (Fsp3) is 0.312. The van der Waals surface area contributed by atoms with Crippen molar-refractivity contribution in [3.05, 3.63) is 64.2 Å². The molecule has 0 fully saturated rings. The van der Waals surface area contributed by atoms with E-state index in [9.17, 15) is 4.39 Å². The number of hydrogen-bond donors (Lipinski definition) is 1. The molecule has 0 aliphatic heterocycles. The van der Waals surface area contributed by atoms with Crippen molar-refractivity contribution in [2.75, 3.05) is 7.05 Å².